The Kier molecular flexibility index (Phi) is 3.60. The number of hydrogen-bond donors (Lipinski definition) is 1. The molecule has 5 heteroatoms. The molecule has 3 atom stereocenters. The average Bonchev–Trinajstić information content (AvgIpc) is 2.98. The number of anilines is 1. The number of rotatable bonds is 0. The number of nitrogens with zero attached hydrogens (tertiary/aromatic N) is 3. The third-order valence-electron chi connectivity index (χ3n) is 5.63. The van der Waals surface area contributed by atoms with E-state index in [0.717, 1.165) is 42.0 Å². The van der Waals surface area contributed by atoms with E-state index in [0.29, 0.717) is 0 Å². The Balaban J connectivity index is 1.73. The molecule has 1 aromatic carbocycles. The lowest BCUT2D eigenvalue weighted by atomic mass is 9.82. The molecule has 2 heterocycles. The summed E-state index contributed by atoms with van der Waals surface area (Å²) in [5.74, 6) is 2.29. The number of benzene rings is 1. The molecule has 1 aromatic rings. The number of para-hydroxylation sites is 1. The van der Waals surface area contributed by atoms with E-state index in [1.807, 2.05) is 18.2 Å². The van der Waals surface area contributed by atoms with Crippen molar-refractivity contribution in [2.75, 3.05) is 25.0 Å². The van der Waals surface area contributed by atoms with Gasteiger partial charge in [0.2, 0.25) is 0 Å². The topological polar surface area (TPSA) is 61.9 Å². The van der Waals surface area contributed by atoms with Gasteiger partial charge in [0.05, 0.1) is 5.69 Å². The van der Waals surface area contributed by atoms with Crippen LogP contribution in [0, 0.1) is 11.8 Å². The van der Waals surface area contributed by atoms with E-state index in [1.165, 1.54) is 25.7 Å². The molecule has 122 valence electrons. The van der Waals surface area contributed by atoms with Crippen LogP contribution in [0.1, 0.15) is 31.2 Å². The number of carbonyl (C=O) groups is 1. The van der Waals surface area contributed by atoms with Crippen molar-refractivity contribution >= 4 is 17.4 Å². The fourth-order valence-electron chi connectivity index (χ4n) is 4.36. The number of likely N-dealkylation sites (N-methyl/N-ethyl adjacent to an activating group) is 1. The van der Waals surface area contributed by atoms with E-state index in [2.05, 4.69) is 16.0 Å². The molecule has 0 unspecified atom stereocenters. The van der Waals surface area contributed by atoms with Crippen molar-refractivity contribution in [3.8, 4) is 0 Å². The van der Waals surface area contributed by atoms with Crippen LogP contribution < -0.4 is 10.6 Å². The van der Waals surface area contributed by atoms with Gasteiger partial charge < -0.3 is 15.5 Å². The molecule has 1 amide bonds. The SMILES string of the molecule is CN1C(=O)[C@H](N)N=C(N2C[C@H]3CCCC[C@H]3C2)c2ccccc21. The predicted molar refractivity (Wildman–Crippen MR) is 91.4 cm³/mol. The number of benzodiazepines with no additional fused rings is 1. The van der Waals surface area contributed by atoms with Crippen LogP contribution in [0.15, 0.2) is 29.3 Å². The Morgan fingerprint density at radius 1 is 1.13 bits per heavy atom. The molecule has 0 radical (unpaired) electrons. The summed E-state index contributed by atoms with van der Waals surface area (Å²) in [7, 11) is 1.78. The summed E-state index contributed by atoms with van der Waals surface area (Å²) in [6.45, 7) is 2.09. The lowest BCUT2D eigenvalue weighted by Crippen LogP contribution is -2.40. The number of carbonyl (C=O) groups excluding carboxylic acids is 1. The van der Waals surface area contributed by atoms with E-state index in [1.54, 1.807) is 11.9 Å². The molecule has 5 nitrogen and oxygen atoms in total. The molecule has 1 saturated heterocycles. The molecule has 2 aliphatic heterocycles. The lowest BCUT2D eigenvalue weighted by Gasteiger charge is -2.23. The average molecular weight is 312 g/mol. The summed E-state index contributed by atoms with van der Waals surface area (Å²) < 4.78 is 0. The van der Waals surface area contributed by atoms with Crippen LogP contribution in [-0.4, -0.2) is 42.9 Å². The smallest absolute Gasteiger partial charge is 0.266 e. The van der Waals surface area contributed by atoms with Crippen molar-refractivity contribution in [3.05, 3.63) is 29.8 Å². The summed E-state index contributed by atoms with van der Waals surface area (Å²) in [5, 5.41) is 0. The van der Waals surface area contributed by atoms with Gasteiger partial charge in [-0.1, -0.05) is 25.0 Å². The molecule has 0 spiro atoms. The standard InChI is InChI=1S/C18H24N4O/c1-21-15-9-5-4-8-14(15)17(20-16(19)18(21)23)22-10-12-6-2-3-7-13(12)11-22/h4-5,8-9,12-13,16H,2-3,6-7,10-11,19H2,1H3/t12-,13+,16-/m1/s1. The van der Waals surface area contributed by atoms with Gasteiger partial charge in [-0.15, -0.1) is 0 Å². The third-order valence-corrected chi connectivity index (χ3v) is 5.63. The molecule has 0 aromatic heterocycles. The molecule has 4 rings (SSSR count). The maximum Gasteiger partial charge on any atom is 0.266 e. The molecule has 1 saturated carbocycles. The van der Waals surface area contributed by atoms with Gasteiger partial charge in [-0.25, -0.2) is 4.99 Å². The first-order chi connectivity index (χ1) is 11.1. The lowest BCUT2D eigenvalue weighted by molar-refractivity contribution is -0.119. The highest BCUT2D eigenvalue weighted by Gasteiger charge is 2.38. The third kappa shape index (κ3) is 2.43. The largest absolute Gasteiger partial charge is 0.356 e. The minimum atomic E-state index is -0.815. The van der Waals surface area contributed by atoms with Crippen molar-refractivity contribution in [2.24, 2.45) is 22.6 Å². The van der Waals surface area contributed by atoms with Crippen LogP contribution in [0.2, 0.25) is 0 Å². The van der Waals surface area contributed by atoms with Crippen molar-refractivity contribution in [1.82, 2.24) is 4.90 Å². The van der Waals surface area contributed by atoms with Gasteiger partial charge in [0.15, 0.2) is 6.17 Å². The number of nitrogens with two attached hydrogens (primary N) is 1. The van der Waals surface area contributed by atoms with Gasteiger partial charge in [-0.3, -0.25) is 4.79 Å². The summed E-state index contributed by atoms with van der Waals surface area (Å²) in [6, 6.07) is 8.00. The highest BCUT2D eigenvalue weighted by atomic mass is 16.2. The molecule has 0 bridgehead atoms. The molecular formula is C18H24N4O. The Morgan fingerprint density at radius 2 is 1.78 bits per heavy atom. The van der Waals surface area contributed by atoms with Gasteiger partial charge in [0.25, 0.3) is 5.91 Å². The van der Waals surface area contributed by atoms with Gasteiger partial charge in [-0.05, 0) is 36.8 Å². The predicted octanol–water partition coefficient (Wildman–Crippen LogP) is 1.82. The van der Waals surface area contributed by atoms with Crippen LogP contribution in [0.5, 0.6) is 0 Å². The minimum absolute atomic E-state index is 0.149. The Bertz CT molecular complexity index is 642. The van der Waals surface area contributed by atoms with E-state index >= 15 is 0 Å². The van der Waals surface area contributed by atoms with Crippen molar-refractivity contribution in [3.63, 3.8) is 0 Å². The number of fused-ring (bicyclic) bond motifs is 2. The first-order valence-electron chi connectivity index (χ1n) is 8.60. The minimum Gasteiger partial charge on any atom is -0.356 e. The van der Waals surface area contributed by atoms with Crippen LogP contribution in [0.4, 0.5) is 5.69 Å². The summed E-state index contributed by atoms with van der Waals surface area (Å²) in [5.41, 5.74) is 7.97. The van der Waals surface area contributed by atoms with E-state index in [-0.39, 0.29) is 5.91 Å². The molecular weight excluding hydrogens is 288 g/mol. The number of amides is 1. The fourth-order valence-corrected chi connectivity index (χ4v) is 4.36. The van der Waals surface area contributed by atoms with Gasteiger partial charge >= 0.3 is 0 Å². The van der Waals surface area contributed by atoms with Crippen molar-refractivity contribution in [2.45, 2.75) is 31.8 Å². The number of amidine groups is 1. The monoisotopic (exact) mass is 312 g/mol. The van der Waals surface area contributed by atoms with Crippen molar-refractivity contribution in [1.29, 1.82) is 0 Å². The number of likely N-dealkylation sites (tertiary alicyclic amines) is 1. The maximum absolute atomic E-state index is 12.4. The van der Waals surface area contributed by atoms with Crippen LogP contribution >= 0.6 is 0 Å². The van der Waals surface area contributed by atoms with E-state index < -0.39 is 6.17 Å². The molecule has 2 fully saturated rings. The maximum atomic E-state index is 12.4. The number of hydrogen-bond acceptors (Lipinski definition) is 4. The normalized spacial score (nSPS) is 30.6. The van der Waals surface area contributed by atoms with Crippen LogP contribution in [0.25, 0.3) is 0 Å². The summed E-state index contributed by atoms with van der Waals surface area (Å²) in [4.78, 5) is 21.0. The quantitative estimate of drug-likeness (QED) is 0.795. The molecule has 23 heavy (non-hydrogen) atoms. The van der Waals surface area contributed by atoms with Gasteiger partial charge in [0, 0.05) is 25.7 Å². The second-order valence-electron chi connectivity index (χ2n) is 7.02. The Hall–Kier alpha value is -1.88. The molecule has 3 aliphatic rings. The van der Waals surface area contributed by atoms with Crippen LogP contribution in [-0.2, 0) is 4.79 Å². The fraction of sp³-hybridized carbons (Fsp3) is 0.556. The number of aliphatic imine (C=N–C) groups is 1. The van der Waals surface area contributed by atoms with Crippen molar-refractivity contribution < 1.29 is 4.79 Å². The first kappa shape index (κ1) is 14.7. The van der Waals surface area contributed by atoms with E-state index in [4.69, 9.17) is 5.73 Å². The highest BCUT2D eigenvalue weighted by molar-refractivity contribution is 6.11. The molecule has 2 N–H and O–H groups in total. The van der Waals surface area contributed by atoms with Crippen LogP contribution in [0.3, 0.4) is 0 Å². The Labute approximate surface area is 137 Å². The summed E-state index contributed by atoms with van der Waals surface area (Å²) >= 11 is 0. The van der Waals surface area contributed by atoms with Gasteiger partial charge in [-0.2, -0.15) is 0 Å². The highest BCUT2D eigenvalue weighted by Crippen LogP contribution is 2.37. The molecule has 1 aliphatic carbocycles. The van der Waals surface area contributed by atoms with Gasteiger partial charge in [0.1, 0.15) is 5.84 Å². The summed E-state index contributed by atoms with van der Waals surface area (Å²) in [6.07, 6.45) is 4.52. The zero-order valence-corrected chi connectivity index (χ0v) is 13.6. The second kappa shape index (κ2) is 5.64. The zero-order valence-electron chi connectivity index (χ0n) is 13.6. The Morgan fingerprint density at radius 3 is 2.48 bits per heavy atom. The zero-order chi connectivity index (χ0) is 16.0. The van der Waals surface area contributed by atoms with E-state index in [9.17, 15) is 4.79 Å². The second-order valence-corrected chi connectivity index (χ2v) is 7.02. The first-order valence-corrected chi connectivity index (χ1v) is 8.60.